The number of ether oxygens (including phenoxy) is 1. The summed E-state index contributed by atoms with van der Waals surface area (Å²) in [4.78, 5) is 60.7. The van der Waals surface area contributed by atoms with Crippen molar-refractivity contribution in [2.75, 3.05) is 19.7 Å². The summed E-state index contributed by atoms with van der Waals surface area (Å²) < 4.78 is 4.77. The predicted octanol–water partition coefficient (Wildman–Crippen LogP) is 0.902. The van der Waals surface area contributed by atoms with Gasteiger partial charge in [0, 0.05) is 6.54 Å². The van der Waals surface area contributed by atoms with Gasteiger partial charge in [-0.05, 0) is 43.9 Å². The van der Waals surface area contributed by atoms with Gasteiger partial charge in [-0.15, -0.1) is 0 Å². The Kier molecular flexibility index (Phi) is 6.86. The van der Waals surface area contributed by atoms with E-state index in [4.69, 9.17) is 4.74 Å². The highest BCUT2D eigenvalue weighted by atomic mass is 16.5. The molecule has 0 atom stereocenters. The van der Waals surface area contributed by atoms with E-state index in [9.17, 15) is 24.0 Å². The zero-order valence-electron chi connectivity index (χ0n) is 17.4. The van der Waals surface area contributed by atoms with E-state index in [0.29, 0.717) is 25.3 Å². The minimum Gasteiger partial charge on any atom is -0.454 e. The SMILES string of the molecule is CCNC(=O)NC(=O)COC(=O)CN1C(=O)NC2(CCC(C(C)(C)C)CC2)C1=O. The quantitative estimate of drug-likeness (QED) is 0.455. The standard InChI is InChI=1S/C19H30N4O6/c1-5-20-16(27)21-13(24)11-29-14(25)10-23-15(26)19(22-17(23)28)8-6-12(7-9-19)18(2,3)4/h12H,5-11H2,1-4H3,(H,22,28)(H2,20,21,24,27). The Balaban J connectivity index is 1.86. The number of amides is 6. The highest BCUT2D eigenvalue weighted by Crippen LogP contribution is 2.43. The number of imide groups is 2. The van der Waals surface area contributed by atoms with Crippen molar-refractivity contribution in [2.24, 2.45) is 11.3 Å². The lowest BCUT2D eigenvalue weighted by molar-refractivity contribution is -0.151. The zero-order valence-corrected chi connectivity index (χ0v) is 17.4. The summed E-state index contributed by atoms with van der Waals surface area (Å²) in [5.74, 6) is -1.68. The van der Waals surface area contributed by atoms with Crippen LogP contribution in [0.5, 0.6) is 0 Å². The van der Waals surface area contributed by atoms with Crippen LogP contribution in [0.2, 0.25) is 0 Å². The molecule has 2 aliphatic rings. The Hall–Kier alpha value is -2.65. The van der Waals surface area contributed by atoms with E-state index in [1.165, 1.54) is 0 Å². The van der Waals surface area contributed by atoms with Gasteiger partial charge in [0.2, 0.25) is 0 Å². The summed E-state index contributed by atoms with van der Waals surface area (Å²) >= 11 is 0. The van der Waals surface area contributed by atoms with Crippen LogP contribution in [-0.4, -0.2) is 60.0 Å². The van der Waals surface area contributed by atoms with Gasteiger partial charge in [-0.1, -0.05) is 20.8 Å². The van der Waals surface area contributed by atoms with Gasteiger partial charge in [0.1, 0.15) is 12.1 Å². The number of hydrogen-bond donors (Lipinski definition) is 3. The average Bonchev–Trinajstić information content (AvgIpc) is 2.84. The van der Waals surface area contributed by atoms with E-state index in [2.05, 4.69) is 31.4 Å². The smallest absolute Gasteiger partial charge is 0.326 e. The number of esters is 1. The molecule has 1 saturated carbocycles. The lowest BCUT2D eigenvalue weighted by Gasteiger charge is -2.40. The number of nitrogens with zero attached hydrogens (tertiary/aromatic N) is 1. The lowest BCUT2D eigenvalue weighted by Crippen LogP contribution is -2.50. The zero-order chi connectivity index (χ0) is 21.8. The summed E-state index contributed by atoms with van der Waals surface area (Å²) in [7, 11) is 0. The fraction of sp³-hybridized carbons (Fsp3) is 0.737. The van der Waals surface area contributed by atoms with Gasteiger partial charge in [0.25, 0.3) is 11.8 Å². The Morgan fingerprint density at radius 1 is 1.21 bits per heavy atom. The van der Waals surface area contributed by atoms with Crippen LogP contribution in [-0.2, 0) is 19.1 Å². The molecule has 0 aromatic rings. The van der Waals surface area contributed by atoms with E-state index >= 15 is 0 Å². The summed E-state index contributed by atoms with van der Waals surface area (Å²) in [6.45, 7) is 7.24. The number of hydrogen-bond acceptors (Lipinski definition) is 6. The molecule has 29 heavy (non-hydrogen) atoms. The summed E-state index contributed by atoms with van der Waals surface area (Å²) in [5, 5.41) is 7.10. The molecule has 0 unspecified atom stereocenters. The fourth-order valence-corrected chi connectivity index (χ4v) is 3.82. The van der Waals surface area contributed by atoms with Crippen molar-refractivity contribution in [3.63, 3.8) is 0 Å². The van der Waals surface area contributed by atoms with Gasteiger partial charge >= 0.3 is 18.0 Å². The highest BCUT2D eigenvalue weighted by molar-refractivity contribution is 6.08. The maximum absolute atomic E-state index is 12.8. The van der Waals surface area contributed by atoms with Gasteiger partial charge < -0.3 is 15.4 Å². The molecular formula is C19H30N4O6. The third-order valence-electron chi connectivity index (χ3n) is 5.55. The van der Waals surface area contributed by atoms with Crippen LogP contribution >= 0.6 is 0 Å². The van der Waals surface area contributed by atoms with Gasteiger partial charge in [-0.25, -0.2) is 9.59 Å². The second-order valence-corrected chi connectivity index (χ2v) is 8.61. The van der Waals surface area contributed by atoms with Crippen LogP contribution < -0.4 is 16.0 Å². The molecule has 1 saturated heterocycles. The average molecular weight is 410 g/mol. The Morgan fingerprint density at radius 2 is 1.83 bits per heavy atom. The third-order valence-corrected chi connectivity index (χ3v) is 5.55. The molecule has 2 fully saturated rings. The molecule has 1 aliphatic carbocycles. The Bertz CT molecular complexity index is 691. The van der Waals surface area contributed by atoms with Crippen molar-refractivity contribution < 1.29 is 28.7 Å². The van der Waals surface area contributed by atoms with E-state index in [1.54, 1.807) is 6.92 Å². The van der Waals surface area contributed by atoms with Crippen LogP contribution in [0, 0.1) is 11.3 Å². The molecule has 10 heteroatoms. The van der Waals surface area contributed by atoms with Gasteiger partial charge in [0.15, 0.2) is 6.61 Å². The lowest BCUT2D eigenvalue weighted by atomic mass is 9.67. The first kappa shape index (κ1) is 22.6. The minimum atomic E-state index is -0.964. The molecule has 1 spiro atoms. The first-order valence-corrected chi connectivity index (χ1v) is 9.86. The van der Waals surface area contributed by atoms with Crippen molar-refractivity contribution in [2.45, 2.75) is 58.9 Å². The van der Waals surface area contributed by atoms with Crippen LogP contribution in [0.3, 0.4) is 0 Å². The topological polar surface area (TPSA) is 134 Å². The molecule has 6 amide bonds. The predicted molar refractivity (Wildman–Crippen MR) is 103 cm³/mol. The Morgan fingerprint density at radius 3 is 2.38 bits per heavy atom. The molecular weight excluding hydrogens is 380 g/mol. The molecule has 10 nitrogen and oxygen atoms in total. The normalized spacial score (nSPS) is 24.3. The molecule has 162 valence electrons. The van der Waals surface area contributed by atoms with Crippen molar-refractivity contribution in [3.05, 3.63) is 0 Å². The van der Waals surface area contributed by atoms with Crippen LogP contribution in [0.1, 0.15) is 53.4 Å². The molecule has 2 rings (SSSR count). The maximum atomic E-state index is 12.8. The first-order valence-electron chi connectivity index (χ1n) is 9.86. The highest BCUT2D eigenvalue weighted by Gasteiger charge is 2.53. The van der Waals surface area contributed by atoms with E-state index < -0.39 is 48.5 Å². The number of carbonyl (C=O) groups excluding carboxylic acids is 5. The van der Waals surface area contributed by atoms with E-state index in [-0.39, 0.29) is 5.41 Å². The van der Waals surface area contributed by atoms with Gasteiger partial charge in [-0.2, -0.15) is 0 Å². The molecule has 0 aromatic heterocycles. The third kappa shape index (κ3) is 5.45. The van der Waals surface area contributed by atoms with Crippen LogP contribution in [0.4, 0.5) is 9.59 Å². The molecule has 1 heterocycles. The van der Waals surface area contributed by atoms with Gasteiger partial charge in [0.05, 0.1) is 0 Å². The number of nitrogens with one attached hydrogen (secondary N) is 3. The largest absolute Gasteiger partial charge is 0.454 e. The molecule has 0 radical (unpaired) electrons. The molecule has 3 N–H and O–H groups in total. The number of carbonyl (C=O) groups is 5. The van der Waals surface area contributed by atoms with Crippen molar-refractivity contribution in [1.82, 2.24) is 20.9 Å². The molecule has 0 bridgehead atoms. The summed E-state index contributed by atoms with van der Waals surface area (Å²) in [6, 6.07) is -1.33. The van der Waals surface area contributed by atoms with Gasteiger partial charge in [-0.3, -0.25) is 24.6 Å². The second kappa shape index (κ2) is 8.79. The minimum absolute atomic E-state index is 0.130. The first-order chi connectivity index (χ1) is 13.5. The van der Waals surface area contributed by atoms with Crippen molar-refractivity contribution in [3.8, 4) is 0 Å². The second-order valence-electron chi connectivity index (χ2n) is 8.61. The summed E-state index contributed by atoms with van der Waals surface area (Å²) in [6.07, 6.45) is 2.68. The van der Waals surface area contributed by atoms with Crippen LogP contribution in [0.25, 0.3) is 0 Å². The number of urea groups is 2. The van der Waals surface area contributed by atoms with E-state index in [0.717, 1.165) is 17.7 Å². The monoisotopic (exact) mass is 410 g/mol. The van der Waals surface area contributed by atoms with E-state index in [1.807, 2.05) is 5.32 Å². The summed E-state index contributed by atoms with van der Waals surface area (Å²) in [5.41, 5.74) is -0.833. The van der Waals surface area contributed by atoms with Crippen LogP contribution in [0.15, 0.2) is 0 Å². The molecule has 1 aliphatic heterocycles. The fourth-order valence-electron chi connectivity index (χ4n) is 3.82. The molecule has 0 aromatic carbocycles. The van der Waals surface area contributed by atoms with Crippen molar-refractivity contribution in [1.29, 1.82) is 0 Å². The Labute approximate surface area is 170 Å². The number of rotatable bonds is 5. The van der Waals surface area contributed by atoms with Crippen molar-refractivity contribution >= 4 is 29.8 Å². The maximum Gasteiger partial charge on any atom is 0.326 e.